The Kier molecular flexibility index (Phi) is 6.06. The van der Waals surface area contributed by atoms with Gasteiger partial charge in [-0.2, -0.15) is 0 Å². The summed E-state index contributed by atoms with van der Waals surface area (Å²) in [6, 6.07) is 7.31. The summed E-state index contributed by atoms with van der Waals surface area (Å²) in [4.78, 5) is 8.96. The van der Waals surface area contributed by atoms with Gasteiger partial charge in [0.05, 0.1) is 6.10 Å². The van der Waals surface area contributed by atoms with E-state index in [1.807, 2.05) is 32.0 Å². The molecule has 0 aliphatic rings. The number of hydrogen-bond donors (Lipinski definition) is 2. The second kappa shape index (κ2) is 7.81. The van der Waals surface area contributed by atoms with Gasteiger partial charge in [-0.25, -0.2) is 9.97 Å². The number of benzene rings is 1. The average Bonchev–Trinajstić information content (AvgIpc) is 2.49. The second-order valence-electron chi connectivity index (χ2n) is 4.92. The number of aryl methyl sites for hydroxylation is 1. The lowest BCUT2D eigenvalue weighted by Gasteiger charge is -2.16. The molecule has 0 amide bonds. The van der Waals surface area contributed by atoms with Crippen LogP contribution in [0, 0.1) is 13.8 Å². The Hall–Kier alpha value is -1.30. The molecular weight excluding hydrogens is 318 g/mol. The van der Waals surface area contributed by atoms with Gasteiger partial charge in [0.1, 0.15) is 5.82 Å². The van der Waals surface area contributed by atoms with Crippen LogP contribution in [-0.2, 0) is 0 Å². The van der Waals surface area contributed by atoms with Gasteiger partial charge < -0.3 is 10.4 Å². The molecule has 1 heterocycles. The maximum absolute atomic E-state index is 10.3. The molecule has 0 saturated heterocycles. The number of halogens is 1. The molecule has 1 unspecified atom stereocenters. The molecule has 0 aliphatic heterocycles. The number of aromatic nitrogens is 2. The lowest BCUT2D eigenvalue weighted by atomic mass is 10.1. The zero-order valence-electron chi connectivity index (χ0n) is 12.9. The van der Waals surface area contributed by atoms with Gasteiger partial charge in [0.15, 0.2) is 5.16 Å². The zero-order valence-corrected chi connectivity index (χ0v) is 14.5. The smallest absolute Gasteiger partial charge is 0.189 e. The van der Waals surface area contributed by atoms with Gasteiger partial charge in [0.2, 0.25) is 0 Å². The molecule has 0 aliphatic carbocycles. The lowest BCUT2D eigenvalue weighted by Crippen LogP contribution is -2.15. The minimum Gasteiger partial charge on any atom is -0.387 e. The lowest BCUT2D eigenvalue weighted by molar-refractivity contribution is 0.191. The van der Waals surface area contributed by atoms with Crippen molar-refractivity contribution in [2.24, 2.45) is 0 Å². The minimum absolute atomic E-state index is 0.345. The van der Waals surface area contributed by atoms with Crippen LogP contribution >= 0.6 is 23.4 Å². The van der Waals surface area contributed by atoms with Crippen LogP contribution < -0.4 is 5.32 Å². The monoisotopic (exact) mass is 337 g/mol. The van der Waals surface area contributed by atoms with Gasteiger partial charge in [0.25, 0.3) is 0 Å². The fourth-order valence-corrected chi connectivity index (χ4v) is 2.89. The molecule has 0 fully saturated rings. The van der Waals surface area contributed by atoms with E-state index in [9.17, 15) is 5.11 Å². The number of aliphatic hydroxyl groups is 1. The Labute approximate surface area is 140 Å². The van der Waals surface area contributed by atoms with Crippen LogP contribution in [0.2, 0.25) is 5.02 Å². The van der Waals surface area contributed by atoms with E-state index in [1.54, 1.807) is 17.8 Å². The highest BCUT2D eigenvalue weighted by Gasteiger charge is 2.13. The van der Waals surface area contributed by atoms with E-state index in [2.05, 4.69) is 22.2 Å². The molecule has 0 spiro atoms. The molecular formula is C16H20ClN3OS. The van der Waals surface area contributed by atoms with E-state index in [0.717, 1.165) is 28.0 Å². The first-order chi connectivity index (χ1) is 10.5. The number of nitrogens with zero attached hydrogens (tertiary/aromatic N) is 2. The highest BCUT2D eigenvalue weighted by atomic mass is 35.5. The van der Waals surface area contributed by atoms with Gasteiger partial charge in [-0.15, -0.1) is 0 Å². The highest BCUT2D eigenvalue weighted by Crippen LogP contribution is 2.24. The Morgan fingerprint density at radius 3 is 2.68 bits per heavy atom. The van der Waals surface area contributed by atoms with Crippen molar-refractivity contribution in [3.8, 4) is 0 Å². The van der Waals surface area contributed by atoms with Crippen molar-refractivity contribution in [1.82, 2.24) is 9.97 Å². The van der Waals surface area contributed by atoms with Crippen molar-refractivity contribution in [2.45, 2.75) is 32.0 Å². The first-order valence-corrected chi connectivity index (χ1v) is 8.53. The summed E-state index contributed by atoms with van der Waals surface area (Å²) in [7, 11) is 0. The summed E-state index contributed by atoms with van der Waals surface area (Å²) in [5, 5.41) is 14.8. The Morgan fingerprint density at radius 1 is 1.27 bits per heavy atom. The second-order valence-corrected chi connectivity index (χ2v) is 6.55. The van der Waals surface area contributed by atoms with Crippen molar-refractivity contribution in [3.63, 3.8) is 0 Å². The predicted molar refractivity (Wildman–Crippen MR) is 92.8 cm³/mol. The molecule has 6 heteroatoms. The number of nitrogens with one attached hydrogen (secondary N) is 1. The van der Waals surface area contributed by atoms with Gasteiger partial charge in [-0.3, -0.25) is 0 Å². The van der Waals surface area contributed by atoms with Gasteiger partial charge in [-0.1, -0.05) is 48.5 Å². The largest absolute Gasteiger partial charge is 0.387 e. The topological polar surface area (TPSA) is 58.0 Å². The molecule has 2 aromatic rings. The van der Waals surface area contributed by atoms with E-state index >= 15 is 0 Å². The van der Waals surface area contributed by atoms with Crippen molar-refractivity contribution in [1.29, 1.82) is 0 Å². The molecule has 1 atom stereocenters. The molecule has 0 bridgehead atoms. The quantitative estimate of drug-likeness (QED) is 0.616. The van der Waals surface area contributed by atoms with E-state index in [-0.39, 0.29) is 0 Å². The summed E-state index contributed by atoms with van der Waals surface area (Å²) in [5.41, 5.74) is 2.65. The van der Waals surface area contributed by atoms with E-state index in [1.165, 1.54) is 0 Å². The summed E-state index contributed by atoms with van der Waals surface area (Å²) >= 11 is 7.71. The highest BCUT2D eigenvalue weighted by molar-refractivity contribution is 7.99. The first-order valence-electron chi connectivity index (χ1n) is 7.17. The molecule has 0 radical (unpaired) electrons. The standard InChI is InChI=1S/C16H20ClN3OS/c1-4-22-16-19-11(3)10(2)15(20-16)18-9-14(21)12-7-5-6-8-13(12)17/h5-8,14,21H,4,9H2,1-3H3,(H,18,19,20). The summed E-state index contributed by atoms with van der Waals surface area (Å²) in [5.74, 6) is 1.68. The molecule has 1 aromatic heterocycles. The number of aliphatic hydroxyl groups excluding tert-OH is 1. The fraction of sp³-hybridized carbons (Fsp3) is 0.375. The van der Waals surface area contributed by atoms with Gasteiger partial charge in [0, 0.05) is 28.4 Å². The Balaban J connectivity index is 2.12. The normalized spacial score (nSPS) is 12.2. The van der Waals surface area contributed by atoms with E-state index < -0.39 is 6.10 Å². The molecule has 1 aromatic carbocycles. The number of thioether (sulfide) groups is 1. The molecule has 118 valence electrons. The van der Waals surface area contributed by atoms with Crippen LogP contribution in [0.4, 0.5) is 5.82 Å². The molecule has 4 nitrogen and oxygen atoms in total. The molecule has 22 heavy (non-hydrogen) atoms. The van der Waals surface area contributed by atoms with E-state index in [4.69, 9.17) is 11.6 Å². The van der Waals surface area contributed by atoms with Crippen molar-refractivity contribution in [2.75, 3.05) is 17.6 Å². The summed E-state index contributed by atoms with van der Waals surface area (Å²) in [6.45, 7) is 6.35. The molecule has 2 rings (SSSR count). The van der Waals surface area contributed by atoms with Crippen molar-refractivity contribution in [3.05, 3.63) is 46.1 Å². The van der Waals surface area contributed by atoms with Crippen LogP contribution in [0.5, 0.6) is 0 Å². The third-order valence-corrected chi connectivity index (χ3v) is 4.44. The van der Waals surface area contributed by atoms with Crippen LogP contribution in [0.15, 0.2) is 29.4 Å². The Bertz CT molecular complexity index is 651. The fourth-order valence-electron chi connectivity index (χ4n) is 2.02. The van der Waals surface area contributed by atoms with Crippen LogP contribution in [0.25, 0.3) is 0 Å². The van der Waals surface area contributed by atoms with E-state index in [0.29, 0.717) is 17.1 Å². The molecule has 0 saturated carbocycles. The van der Waals surface area contributed by atoms with Crippen LogP contribution in [-0.4, -0.2) is 27.4 Å². The molecule has 2 N–H and O–H groups in total. The predicted octanol–water partition coefficient (Wildman–Crippen LogP) is 4.00. The van der Waals surface area contributed by atoms with Gasteiger partial charge in [-0.05, 0) is 25.7 Å². The summed E-state index contributed by atoms with van der Waals surface area (Å²) < 4.78 is 0. The minimum atomic E-state index is -0.689. The van der Waals surface area contributed by atoms with Gasteiger partial charge >= 0.3 is 0 Å². The van der Waals surface area contributed by atoms with Crippen molar-refractivity contribution >= 4 is 29.2 Å². The third-order valence-electron chi connectivity index (χ3n) is 3.37. The number of anilines is 1. The average molecular weight is 338 g/mol. The number of rotatable bonds is 6. The first kappa shape index (κ1) is 17.1. The SMILES string of the molecule is CCSc1nc(C)c(C)c(NCC(O)c2ccccc2Cl)n1. The Morgan fingerprint density at radius 2 is 2.00 bits per heavy atom. The maximum Gasteiger partial charge on any atom is 0.189 e. The maximum atomic E-state index is 10.3. The van der Waals surface area contributed by atoms with Crippen LogP contribution in [0.3, 0.4) is 0 Å². The van der Waals surface area contributed by atoms with Crippen molar-refractivity contribution < 1.29 is 5.11 Å². The van der Waals surface area contributed by atoms with Crippen LogP contribution in [0.1, 0.15) is 29.8 Å². The zero-order chi connectivity index (χ0) is 16.1. The third kappa shape index (κ3) is 4.12. The number of hydrogen-bond acceptors (Lipinski definition) is 5. The summed E-state index contributed by atoms with van der Waals surface area (Å²) in [6.07, 6.45) is -0.689.